The highest BCUT2D eigenvalue weighted by Crippen LogP contribution is 2.40. The Hall–Kier alpha value is -1.03. The largest absolute Gasteiger partial charge is 0.480 e. The van der Waals surface area contributed by atoms with Crippen molar-refractivity contribution in [1.29, 1.82) is 0 Å². The van der Waals surface area contributed by atoms with Gasteiger partial charge in [-0.1, -0.05) is 0 Å². The first-order chi connectivity index (χ1) is 7.23. The molecule has 0 spiro atoms. The minimum Gasteiger partial charge on any atom is -0.480 e. The van der Waals surface area contributed by atoms with Crippen molar-refractivity contribution >= 4 is 17.7 Å². The summed E-state index contributed by atoms with van der Waals surface area (Å²) >= 11 is 1.57. The average molecular weight is 223 g/mol. The lowest BCUT2D eigenvalue weighted by atomic mass is 9.95. The van der Waals surface area contributed by atoms with E-state index in [0.29, 0.717) is 6.42 Å². The zero-order valence-electron chi connectivity index (χ0n) is 8.35. The highest BCUT2D eigenvalue weighted by molar-refractivity contribution is 8.01. The van der Waals surface area contributed by atoms with Crippen LogP contribution in [0.1, 0.15) is 18.4 Å². The number of aromatic nitrogens is 1. The monoisotopic (exact) mass is 223 g/mol. The van der Waals surface area contributed by atoms with E-state index in [0.717, 1.165) is 24.2 Å². The molecule has 0 aromatic carbocycles. The molecule has 1 aliphatic heterocycles. The van der Waals surface area contributed by atoms with Gasteiger partial charge >= 0.3 is 5.97 Å². The zero-order chi connectivity index (χ0) is 10.7. The molecule has 2 heterocycles. The number of hydrogen-bond donors (Lipinski definition) is 1. The number of carboxylic acids is 1. The molecule has 0 saturated carbocycles. The summed E-state index contributed by atoms with van der Waals surface area (Å²) in [5, 5.41) is 9.29. The lowest BCUT2D eigenvalue weighted by molar-refractivity contribution is -0.139. The summed E-state index contributed by atoms with van der Waals surface area (Å²) < 4.78 is -0.596. The van der Waals surface area contributed by atoms with Crippen LogP contribution in [0.3, 0.4) is 0 Å². The molecule has 0 radical (unpaired) electrons. The van der Waals surface area contributed by atoms with Crippen LogP contribution in [0, 0.1) is 0 Å². The second-order valence-corrected chi connectivity index (χ2v) is 5.26. The molecule has 1 fully saturated rings. The molecule has 0 aliphatic carbocycles. The highest BCUT2D eigenvalue weighted by atomic mass is 32.2. The van der Waals surface area contributed by atoms with Gasteiger partial charge in [0, 0.05) is 12.4 Å². The molecule has 0 bridgehead atoms. The van der Waals surface area contributed by atoms with Crippen LogP contribution in [-0.4, -0.2) is 26.6 Å². The van der Waals surface area contributed by atoms with E-state index < -0.39 is 10.7 Å². The molecule has 4 heteroatoms. The van der Waals surface area contributed by atoms with E-state index in [9.17, 15) is 9.90 Å². The van der Waals surface area contributed by atoms with Gasteiger partial charge in [-0.05, 0) is 42.7 Å². The molecule has 1 aromatic heterocycles. The zero-order valence-corrected chi connectivity index (χ0v) is 9.17. The Morgan fingerprint density at radius 1 is 1.53 bits per heavy atom. The molecule has 1 saturated heterocycles. The van der Waals surface area contributed by atoms with Gasteiger partial charge in [-0.2, -0.15) is 0 Å². The van der Waals surface area contributed by atoms with Gasteiger partial charge in [-0.15, -0.1) is 11.8 Å². The van der Waals surface area contributed by atoms with Crippen LogP contribution in [-0.2, 0) is 11.2 Å². The van der Waals surface area contributed by atoms with E-state index >= 15 is 0 Å². The Kier molecular flexibility index (Phi) is 2.95. The Morgan fingerprint density at radius 3 is 2.80 bits per heavy atom. The molecule has 1 N–H and O–H groups in total. The van der Waals surface area contributed by atoms with Crippen molar-refractivity contribution in [2.24, 2.45) is 0 Å². The van der Waals surface area contributed by atoms with Crippen molar-refractivity contribution in [3.05, 3.63) is 30.1 Å². The fourth-order valence-electron chi connectivity index (χ4n) is 1.91. The van der Waals surface area contributed by atoms with Gasteiger partial charge in [-0.3, -0.25) is 9.78 Å². The standard InChI is InChI=1S/C11H13NO2S/c13-10(14)11(4-1-7-15-11)8-9-2-5-12-6-3-9/h2-3,5-6H,1,4,7-8H2,(H,13,14). The van der Waals surface area contributed by atoms with Crippen molar-refractivity contribution in [3.63, 3.8) is 0 Å². The number of carboxylic acid groups (broad SMARTS) is 1. The maximum Gasteiger partial charge on any atom is 0.320 e. The van der Waals surface area contributed by atoms with E-state index in [1.54, 1.807) is 24.2 Å². The Labute approximate surface area is 92.9 Å². The van der Waals surface area contributed by atoms with E-state index in [4.69, 9.17) is 0 Å². The molecule has 15 heavy (non-hydrogen) atoms. The lowest BCUT2D eigenvalue weighted by Gasteiger charge is -2.22. The minimum atomic E-state index is -0.679. The van der Waals surface area contributed by atoms with Crippen LogP contribution in [0.25, 0.3) is 0 Å². The summed E-state index contributed by atoms with van der Waals surface area (Å²) in [7, 11) is 0. The van der Waals surface area contributed by atoms with Crippen LogP contribution in [0.5, 0.6) is 0 Å². The summed E-state index contributed by atoms with van der Waals surface area (Å²) in [4.78, 5) is 15.2. The van der Waals surface area contributed by atoms with Gasteiger partial charge in [-0.25, -0.2) is 0 Å². The Bertz CT molecular complexity index is 347. The Morgan fingerprint density at radius 2 is 2.27 bits per heavy atom. The molecule has 1 aliphatic rings. The maximum atomic E-state index is 11.3. The molecular formula is C11H13NO2S. The fourth-order valence-corrected chi connectivity index (χ4v) is 3.27. The molecule has 80 valence electrons. The topological polar surface area (TPSA) is 50.2 Å². The predicted molar refractivity (Wildman–Crippen MR) is 60.0 cm³/mol. The number of hydrogen-bond acceptors (Lipinski definition) is 3. The Balaban J connectivity index is 2.18. The van der Waals surface area contributed by atoms with Crippen LogP contribution >= 0.6 is 11.8 Å². The second-order valence-electron chi connectivity index (χ2n) is 3.78. The van der Waals surface area contributed by atoms with Gasteiger partial charge in [0.15, 0.2) is 0 Å². The maximum absolute atomic E-state index is 11.3. The van der Waals surface area contributed by atoms with Crippen LogP contribution in [0.2, 0.25) is 0 Å². The third-order valence-corrected chi connectivity index (χ3v) is 4.30. The molecule has 1 aromatic rings. The van der Waals surface area contributed by atoms with Gasteiger partial charge in [0.2, 0.25) is 0 Å². The van der Waals surface area contributed by atoms with E-state index in [-0.39, 0.29) is 0 Å². The van der Waals surface area contributed by atoms with Crippen molar-refractivity contribution < 1.29 is 9.90 Å². The van der Waals surface area contributed by atoms with Gasteiger partial charge in [0.1, 0.15) is 4.75 Å². The number of pyridine rings is 1. The fraction of sp³-hybridized carbons (Fsp3) is 0.455. The summed E-state index contributed by atoms with van der Waals surface area (Å²) in [6.45, 7) is 0. The molecule has 3 nitrogen and oxygen atoms in total. The van der Waals surface area contributed by atoms with Crippen molar-refractivity contribution in [1.82, 2.24) is 4.98 Å². The average Bonchev–Trinajstić information content (AvgIpc) is 2.69. The molecule has 0 amide bonds. The predicted octanol–water partition coefficient (Wildman–Crippen LogP) is 1.97. The first kappa shape index (κ1) is 10.5. The van der Waals surface area contributed by atoms with Crippen molar-refractivity contribution in [2.75, 3.05) is 5.75 Å². The third kappa shape index (κ3) is 2.15. The first-order valence-electron chi connectivity index (χ1n) is 4.99. The van der Waals surface area contributed by atoms with Crippen molar-refractivity contribution in [2.45, 2.75) is 24.0 Å². The van der Waals surface area contributed by atoms with Gasteiger partial charge in [0.05, 0.1) is 0 Å². The molecular weight excluding hydrogens is 210 g/mol. The number of carbonyl (C=O) groups is 1. The second kappa shape index (κ2) is 4.23. The van der Waals surface area contributed by atoms with Crippen LogP contribution < -0.4 is 0 Å². The number of nitrogens with zero attached hydrogens (tertiary/aromatic N) is 1. The summed E-state index contributed by atoms with van der Waals surface area (Å²) in [5.41, 5.74) is 1.06. The summed E-state index contributed by atoms with van der Waals surface area (Å²) in [6, 6.07) is 3.78. The summed E-state index contributed by atoms with van der Waals surface area (Å²) in [5.74, 6) is 0.277. The smallest absolute Gasteiger partial charge is 0.320 e. The lowest BCUT2D eigenvalue weighted by Crippen LogP contribution is -2.34. The minimum absolute atomic E-state index is 0.596. The van der Waals surface area contributed by atoms with Crippen LogP contribution in [0.4, 0.5) is 0 Å². The van der Waals surface area contributed by atoms with E-state index in [1.165, 1.54) is 0 Å². The van der Waals surface area contributed by atoms with E-state index in [1.807, 2.05) is 12.1 Å². The SMILES string of the molecule is O=C(O)C1(Cc2ccncc2)CCCS1. The summed E-state index contributed by atoms with van der Waals surface area (Å²) in [6.07, 6.45) is 5.81. The third-order valence-electron chi connectivity index (χ3n) is 2.73. The molecule has 1 unspecified atom stereocenters. The van der Waals surface area contributed by atoms with E-state index in [2.05, 4.69) is 4.98 Å². The molecule has 2 rings (SSSR count). The number of thioether (sulfide) groups is 1. The normalized spacial score (nSPS) is 25.3. The number of aliphatic carboxylic acids is 1. The van der Waals surface area contributed by atoms with Crippen molar-refractivity contribution in [3.8, 4) is 0 Å². The highest BCUT2D eigenvalue weighted by Gasteiger charge is 2.42. The van der Waals surface area contributed by atoms with Crippen LogP contribution in [0.15, 0.2) is 24.5 Å². The first-order valence-corrected chi connectivity index (χ1v) is 5.98. The number of rotatable bonds is 3. The molecule has 1 atom stereocenters. The van der Waals surface area contributed by atoms with Gasteiger partial charge < -0.3 is 5.11 Å². The quantitative estimate of drug-likeness (QED) is 0.851. The van der Waals surface area contributed by atoms with Gasteiger partial charge in [0.25, 0.3) is 0 Å².